The Morgan fingerprint density at radius 2 is 2.05 bits per heavy atom. The van der Waals surface area contributed by atoms with E-state index in [9.17, 15) is 9.59 Å². The number of H-pyrrole nitrogens is 1. The lowest BCUT2D eigenvalue weighted by molar-refractivity contribution is -0.118. The zero-order valence-corrected chi connectivity index (χ0v) is 11.6. The van der Waals surface area contributed by atoms with E-state index in [-0.39, 0.29) is 18.9 Å². The third-order valence-corrected chi connectivity index (χ3v) is 2.80. The van der Waals surface area contributed by atoms with Gasteiger partial charge in [0, 0.05) is 11.4 Å². The van der Waals surface area contributed by atoms with Crippen LogP contribution in [0.25, 0.3) is 0 Å². The Kier molecular flexibility index (Phi) is 4.55. The lowest BCUT2D eigenvalue weighted by atomic mass is 10.2. The Morgan fingerprint density at radius 1 is 1.33 bits per heavy atom. The number of rotatable bonds is 6. The molecule has 0 aliphatic rings. The van der Waals surface area contributed by atoms with Crippen LogP contribution in [0.4, 0.5) is 5.69 Å². The van der Waals surface area contributed by atoms with Gasteiger partial charge in [0.05, 0.1) is 24.8 Å². The summed E-state index contributed by atoms with van der Waals surface area (Å²) in [6.45, 7) is 2.01. The molecular formula is C14H16N4O3. The molecule has 1 heterocycles. The van der Waals surface area contributed by atoms with Crippen molar-refractivity contribution in [1.29, 1.82) is 0 Å². The summed E-state index contributed by atoms with van der Waals surface area (Å²) in [4.78, 5) is 22.6. The van der Waals surface area contributed by atoms with E-state index < -0.39 is 5.91 Å². The van der Waals surface area contributed by atoms with E-state index in [0.717, 1.165) is 0 Å². The molecule has 0 radical (unpaired) electrons. The summed E-state index contributed by atoms with van der Waals surface area (Å²) in [5.74, 6) is -0.0354. The van der Waals surface area contributed by atoms with Gasteiger partial charge in [-0.2, -0.15) is 5.10 Å². The van der Waals surface area contributed by atoms with E-state index in [4.69, 9.17) is 10.5 Å². The van der Waals surface area contributed by atoms with Gasteiger partial charge in [0.2, 0.25) is 5.91 Å². The molecule has 7 heteroatoms. The van der Waals surface area contributed by atoms with E-state index in [1.54, 1.807) is 31.2 Å². The first-order chi connectivity index (χ1) is 10.1. The molecule has 0 aliphatic carbocycles. The number of carbonyl (C=O) groups excluding carboxylic acids is 2. The molecular weight excluding hydrogens is 272 g/mol. The van der Waals surface area contributed by atoms with Crippen LogP contribution in [0.1, 0.15) is 22.5 Å². The van der Waals surface area contributed by atoms with Gasteiger partial charge in [-0.15, -0.1) is 0 Å². The summed E-state index contributed by atoms with van der Waals surface area (Å²) < 4.78 is 5.34. The quantitative estimate of drug-likeness (QED) is 0.742. The first kappa shape index (κ1) is 14.6. The SMILES string of the molecule is Cc1[nH]ncc1C(=O)Nc1ccc(OCCC(N)=O)cc1. The molecule has 0 saturated heterocycles. The summed E-state index contributed by atoms with van der Waals surface area (Å²) in [6, 6.07) is 6.84. The van der Waals surface area contributed by atoms with Crippen molar-refractivity contribution in [2.45, 2.75) is 13.3 Å². The number of aryl methyl sites for hydroxylation is 1. The van der Waals surface area contributed by atoms with Crippen molar-refractivity contribution in [2.75, 3.05) is 11.9 Å². The van der Waals surface area contributed by atoms with Crippen LogP contribution in [-0.4, -0.2) is 28.6 Å². The minimum absolute atomic E-state index is 0.165. The number of aromatic nitrogens is 2. The molecule has 2 aromatic rings. The van der Waals surface area contributed by atoms with Crippen LogP contribution in [0.5, 0.6) is 5.75 Å². The monoisotopic (exact) mass is 288 g/mol. The van der Waals surface area contributed by atoms with Crippen molar-refractivity contribution >= 4 is 17.5 Å². The van der Waals surface area contributed by atoms with Crippen molar-refractivity contribution in [3.8, 4) is 5.75 Å². The predicted octanol–water partition coefficient (Wildman–Crippen LogP) is 1.22. The number of ether oxygens (including phenoxy) is 1. The number of primary amides is 1. The molecule has 1 aromatic heterocycles. The first-order valence-electron chi connectivity index (χ1n) is 6.39. The average molecular weight is 288 g/mol. The number of aromatic amines is 1. The van der Waals surface area contributed by atoms with Gasteiger partial charge >= 0.3 is 0 Å². The predicted molar refractivity (Wildman–Crippen MR) is 77.0 cm³/mol. The number of amides is 2. The van der Waals surface area contributed by atoms with Crippen LogP contribution in [-0.2, 0) is 4.79 Å². The number of nitrogens with zero attached hydrogens (tertiary/aromatic N) is 1. The van der Waals surface area contributed by atoms with Gasteiger partial charge in [-0.3, -0.25) is 14.7 Å². The van der Waals surface area contributed by atoms with E-state index in [0.29, 0.717) is 22.7 Å². The average Bonchev–Trinajstić information content (AvgIpc) is 2.87. The molecule has 1 aromatic carbocycles. The molecule has 0 aliphatic heterocycles. The second-order valence-corrected chi connectivity index (χ2v) is 4.45. The van der Waals surface area contributed by atoms with E-state index in [2.05, 4.69) is 15.5 Å². The maximum absolute atomic E-state index is 12.0. The van der Waals surface area contributed by atoms with Gasteiger partial charge in [0.25, 0.3) is 5.91 Å². The highest BCUT2D eigenvalue weighted by Gasteiger charge is 2.10. The molecule has 4 N–H and O–H groups in total. The number of benzene rings is 1. The molecule has 0 fully saturated rings. The molecule has 0 unspecified atom stereocenters. The van der Waals surface area contributed by atoms with Gasteiger partial charge in [0.15, 0.2) is 0 Å². The lowest BCUT2D eigenvalue weighted by Gasteiger charge is -2.07. The molecule has 110 valence electrons. The second kappa shape index (κ2) is 6.56. The Balaban J connectivity index is 1.92. The molecule has 2 rings (SSSR count). The number of nitrogens with two attached hydrogens (primary N) is 1. The van der Waals surface area contributed by atoms with Gasteiger partial charge in [-0.1, -0.05) is 0 Å². The molecule has 0 saturated carbocycles. The number of nitrogens with one attached hydrogen (secondary N) is 2. The smallest absolute Gasteiger partial charge is 0.259 e. The van der Waals surface area contributed by atoms with Crippen LogP contribution < -0.4 is 15.8 Å². The summed E-state index contributed by atoms with van der Waals surface area (Å²) in [5.41, 5.74) is 6.87. The summed E-state index contributed by atoms with van der Waals surface area (Å²) in [5, 5.41) is 9.27. The second-order valence-electron chi connectivity index (χ2n) is 4.45. The Morgan fingerprint density at radius 3 is 2.62 bits per heavy atom. The number of hydrogen-bond donors (Lipinski definition) is 3. The molecule has 0 atom stereocenters. The Labute approximate surface area is 121 Å². The molecule has 21 heavy (non-hydrogen) atoms. The van der Waals surface area contributed by atoms with Crippen molar-refractivity contribution in [3.05, 3.63) is 41.7 Å². The van der Waals surface area contributed by atoms with Crippen LogP contribution in [0.2, 0.25) is 0 Å². The van der Waals surface area contributed by atoms with Crippen molar-refractivity contribution < 1.29 is 14.3 Å². The minimum Gasteiger partial charge on any atom is -0.493 e. The topological polar surface area (TPSA) is 110 Å². The molecule has 7 nitrogen and oxygen atoms in total. The maximum Gasteiger partial charge on any atom is 0.259 e. The number of hydrogen-bond acceptors (Lipinski definition) is 4. The summed E-state index contributed by atoms with van der Waals surface area (Å²) >= 11 is 0. The molecule has 2 amide bonds. The van der Waals surface area contributed by atoms with Crippen molar-refractivity contribution in [2.24, 2.45) is 5.73 Å². The normalized spacial score (nSPS) is 10.1. The minimum atomic E-state index is -0.408. The standard InChI is InChI=1S/C14H16N4O3/c1-9-12(8-16-18-9)14(20)17-10-2-4-11(5-3-10)21-7-6-13(15)19/h2-5,8H,6-7H2,1H3,(H2,15,19)(H,16,18)(H,17,20). The van der Waals surface area contributed by atoms with Gasteiger partial charge in [-0.05, 0) is 31.2 Å². The number of carbonyl (C=O) groups is 2. The fraction of sp³-hybridized carbons (Fsp3) is 0.214. The van der Waals surface area contributed by atoms with Crippen LogP contribution in [0.3, 0.4) is 0 Å². The highest BCUT2D eigenvalue weighted by molar-refractivity contribution is 6.04. The Bertz CT molecular complexity index is 634. The fourth-order valence-corrected chi connectivity index (χ4v) is 1.68. The van der Waals surface area contributed by atoms with Gasteiger partial charge < -0.3 is 15.8 Å². The fourth-order valence-electron chi connectivity index (χ4n) is 1.68. The van der Waals surface area contributed by atoms with Crippen molar-refractivity contribution in [3.63, 3.8) is 0 Å². The zero-order valence-electron chi connectivity index (χ0n) is 11.6. The highest BCUT2D eigenvalue weighted by atomic mass is 16.5. The van der Waals surface area contributed by atoms with E-state index in [1.165, 1.54) is 6.20 Å². The number of anilines is 1. The molecule has 0 spiro atoms. The van der Waals surface area contributed by atoms with Gasteiger partial charge in [-0.25, -0.2) is 0 Å². The summed E-state index contributed by atoms with van der Waals surface area (Å²) in [6.07, 6.45) is 1.64. The highest BCUT2D eigenvalue weighted by Crippen LogP contribution is 2.17. The summed E-state index contributed by atoms with van der Waals surface area (Å²) in [7, 11) is 0. The zero-order chi connectivity index (χ0) is 15.2. The Hall–Kier alpha value is -2.83. The third kappa shape index (κ3) is 4.07. The van der Waals surface area contributed by atoms with E-state index in [1.807, 2.05) is 0 Å². The van der Waals surface area contributed by atoms with Crippen LogP contribution in [0, 0.1) is 6.92 Å². The van der Waals surface area contributed by atoms with Crippen LogP contribution >= 0.6 is 0 Å². The van der Waals surface area contributed by atoms with Crippen LogP contribution in [0.15, 0.2) is 30.5 Å². The lowest BCUT2D eigenvalue weighted by Crippen LogP contribution is -2.14. The first-order valence-corrected chi connectivity index (χ1v) is 6.39. The van der Waals surface area contributed by atoms with Gasteiger partial charge in [0.1, 0.15) is 5.75 Å². The van der Waals surface area contributed by atoms with E-state index >= 15 is 0 Å². The molecule has 0 bridgehead atoms. The third-order valence-electron chi connectivity index (χ3n) is 2.80. The maximum atomic E-state index is 12.0. The largest absolute Gasteiger partial charge is 0.493 e. The van der Waals surface area contributed by atoms with Crippen molar-refractivity contribution in [1.82, 2.24) is 10.2 Å².